The van der Waals surface area contributed by atoms with E-state index in [-0.39, 0.29) is 23.8 Å². The zero-order chi connectivity index (χ0) is 15.1. The minimum Gasteiger partial charge on any atom is -0.395 e. The topological polar surface area (TPSA) is 49.3 Å². The first-order valence-corrected chi connectivity index (χ1v) is 8.10. The Bertz CT molecular complexity index is 470. The molecule has 0 aliphatic rings. The molecule has 0 heterocycles. The van der Waals surface area contributed by atoms with Gasteiger partial charge in [0.1, 0.15) is 0 Å². The number of carbonyl (C=O) groups is 1. The lowest BCUT2D eigenvalue weighted by atomic mass is 10.2. The van der Waals surface area contributed by atoms with Crippen molar-refractivity contribution >= 4 is 46.9 Å². The zero-order valence-corrected chi connectivity index (χ0v) is 13.6. The molecule has 0 aromatic heterocycles. The molecule has 2 unspecified atom stereocenters. The van der Waals surface area contributed by atoms with Crippen LogP contribution in [0.1, 0.15) is 12.5 Å². The monoisotopic (exact) mass is 333 g/mol. The van der Waals surface area contributed by atoms with Crippen molar-refractivity contribution in [3.63, 3.8) is 0 Å². The minimum absolute atomic E-state index is 0.0165. The maximum absolute atomic E-state index is 11.8. The number of hydrogen-bond donors (Lipinski definition) is 2. The molecule has 2 N–H and O–H groups in total. The van der Waals surface area contributed by atoms with Crippen LogP contribution in [0.15, 0.2) is 24.3 Å². The van der Waals surface area contributed by atoms with Gasteiger partial charge in [-0.2, -0.15) is 11.8 Å². The third-order valence-electron chi connectivity index (χ3n) is 2.81. The normalized spacial score (nSPS) is 14.2. The highest BCUT2D eigenvalue weighted by Crippen LogP contribution is 2.25. The van der Waals surface area contributed by atoms with Crippen molar-refractivity contribution < 1.29 is 9.90 Å². The Morgan fingerprint density at radius 3 is 2.55 bits per heavy atom. The molecule has 110 valence electrons. The van der Waals surface area contributed by atoms with E-state index < -0.39 is 0 Å². The summed E-state index contributed by atoms with van der Waals surface area (Å²) in [4.78, 5) is 11.8. The molecule has 1 aromatic carbocycles. The maximum Gasteiger partial charge on any atom is 0.244 e. The summed E-state index contributed by atoms with van der Waals surface area (Å²) in [5.41, 5.74) is 0.613. The maximum atomic E-state index is 11.8. The predicted octanol–water partition coefficient (Wildman–Crippen LogP) is 3.24. The Labute approximate surface area is 133 Å². The molecule has 0 saturated heterocycles. The van der Waals surface area contributed by atoms with E-state index >= 15 is 0 Å². The number of carbonyl (C=O) groups excluding carboxylic acids is 1. The predicted molar refractivity (Wildman–Crippen MR) is 87.5 cm³/mol. The van der Waals surface area contributed by atoms with Gasteiger partial charge in [-0.25, -0.2) is 0 Å². The van der Waals surface area contributed by atoms with Gasteiger partial charge in [-0.3, -0.25) is 4.79 Å². The van der Waals surface area contributed by atoms with E-state index in [1.807, 2.05) is 13.2 Å². The quantitative estimate of drug-likeness (QED) is 0.786. The molecule has 1 amide bonds. The summed E-state index contributed by atoms with van der Waals surface area (Å²) < 4.78 is 0. The van der Waals surface area contributed by atoms with Crippen LogP contribution in [0.3, 0.4) is 0 Å². The van der Waals surface area contributed by atoms with Crippen molar-refractivity contribution in [2.45, 2.75) is 18.2 Å². The molecule has 20 heavy (non-hydrogen) atoms. The number of nitrogens with one attached hydrogen (secondary N) is 1. The fourth-order valence-electron chi connectivity index (χ4n) is 1.63. The summed E-state index contributed by atoms with van der Waals surface area (Å²) in [6.07, 6.45) is 4.86. The second kappa shape index (κ2) is 8.57. The molecule has 6 heteroatoms. The average Bonchev–Trinajstić information content (AvgIpc) is 2.39. The molecule has 0 fully saturated rings. The van der Waals surface area contributed by atoms with E-state index in [4.69, 9.17) is 28.3 Å². The van der Waals surface area contributed by atoms with E-state index in [1.54, 1.807) is 24.3 Å². The van der Waals surface area contributed by atoms with Gasteiger partial charge in [-0.1, -0.05) is 29.3 Å². The lowest BCUT2D eigenvalue weighted by Crippen LogP contribution is -2.40. The number of rotatable bonds is 6. The van der Waals surface area contributed by atoms with Crippen LogP contribution in [0.5, 0.6) is 0 Å². The van der Waals surface area contributed by atoms with Crippen LogP contribution in [-0.4, -0.2) is 35.2 Å². The van der Waals surface area contributed by atoms with Gasteiger partial charge in [0.25, 0.3) is 0 Å². The molecule has 1 rings (SSSR count). The fourth-order valence-corrected chi connectivity index (χ4v) is 2.78. The highest BCUT2D eigenvalue weighted by molar-refractivity contribution is 7.99. The number of hydrogen-bond acceptors (Lipinski definition) is 3. The molecular weight excluding hydrogens is 317 g/mol. The minimum atomic E-state index is -0.249. The SMILES string of the molecule is CSC(CO)C(C)NC(=O)/C=C/c1c(Cl)cccc1Cl. The van der Waals surface area contributed by atoms with Crippen molar-refractivity contribution in [2.75, 3.05) is 12.9 Å². The van der Waals surface area contributed by atoms with Gasteiger partial charge in [0.2, 0.25) is 5.91 Å². The van der Waals surface area contributed by atoms with Crippen LogP contribution in [0.25, 0.3) is 6.08 Å². The summed E-state index contributed by atoms with van der Waals surface area (Å²) in [7, 11) is 0. The molecule has 0 bridgehead atoms. The van der Waals surface area contributed by atoms with Gasteiger partial charge in [-0.05, 0) is 31.4 Å². The van der Waals surface area contributed by atoms with Crippen molar-refractivity contribution in [3.8, 4) is 0 Å². The average molecular weight is 334 g/mol. The molecule has 0 spiro atoms. The second-order valence-corrected chi connectivity index (χ2v) is 6.11. The third-order valence-corrected chi connectivity index (χ3v) is 4.63. The van der Waals surface area contributed by atoms with Gasteiger partial charge in [0.05, 0.1) is 6.61 Å². The molecule has 1 aromatic rings. The lowest BCUT2D eigenvalue weighted by molar-refractivity contribution is -0.117. The number of halogens is 2. The first-order valence-electron chi connectivity index (χ1n) is 6.05. The van der Waals surface area contributed by atoms with Crippen LogP contribution in [0, 0.1) is 0 Å². The standard InChI is InChI=1S/C14H17Cl2NO2S/c1-9(13(8-18)20-2)17-14(19)7-6-10-11(15)4-3-5-12(10)16/h3-7,9,13,18H,8H2,1-2H3,(H,17,19)/b7-6+. The van der Waals surface area contributed by atoms with Crippen molar-refractivity contribution in [3.05, 3.63) is 39.9 Å². The van der Waals surface area contributed by atoms with Gasteiger partial charge < -0.3 is 10.4 Å². The Morgan fingerprint density at radius 2 is 2.05 bits per heavy atom. The first kappa shape index (κ1) is 17.4. The van der Waals surface area contributed by atoms with Gasteiger partial charge in [-0.15, -0.1) is 0 Å². The van der Waals surface area contributed by atoms with E-state index in [9.17, 15) is 4.79 Å². The van der Waals surface area contributed by atoms with E-state index in [2.05, 4.69) is 5.32 Å². The smallest absolute Gasteiger partial charge is 0.244 e. The summed E-state index contributed by atoms with van der Waals surface area (Å²) >= 11 is 13.5. The Morgan fingerprint density at radius 1 is 1.45 bits per heavy atom. The summed E-state index contributed by atoms with van der Waals surface area (Å²) in [6, 6.07) is 5.04. The van der Waals surface area contributed by atoms with Crippen molar-refractivity contribution in [1.82, 2.24) is 5.32 Å². The molecule has 2 atom stereocenters. The number of aliphatic hydroxyl groups is 1. The number of amides is 1. The van der Waals surface area contributed by atoms with Crippen molar-refractivity contribution in [1.29, 1.82) is 0 Å². The summed E-state index contributed by atoms with van der Waals surface area (Å²) in [6.45, 7) is 1.87. The highest BCUT2D eigenvalue weighted by Gasteiger charge is 2.16. The van der Waals surface area contributed by atoms with Crippen molar-refractivity contribution in [2.24, 2.45) is 0 Å². The van der Waals surface area contributed by atoms with Crippen LogP contribution < -0.4 is 5.32 Å². The second-order valence-electron chi connectivity index (χ2n) is 4.22. The molecule has 0 aliphatic heterocycles. The van der Waals surface area contributed by atoms with Gasteiger partial charge in [0, 0.05) is 33.0 Å². The number of aliphatic hydroxyl groups excluding tert-OH is 1. The first-order chi connectivity index (χ1) is 9.49. The summed E-state index contributed by atoms with van der Waals surface area (Å²) in [5, 5.41) is 12.9. The number of benzene rings is 1. The largest absolute Gasteiger partial charge is 0.395 e. The van der Waals surface area contributed by atoms with E-state index in [1.165, 1.54) is 17.8 Å². The van der Waals surface area contributed by atoms with Crippen LogP contribution in [-0.2, 0) is 4.79 Å². The molecule has 0 saturated carbocycles. The highest BCUT2D eigenvalue weighted by atomic mass is 35.5. The molecule has 0 aliphatic carbocycles. The Balaban J connectivity index is 2.69. The van der Waals surface area contributed by atoms with Crippen LogP contribution >= 0.6 is 35.0 Å². The van der Waals surface area contributed by atoms with E-state index in [0.717, 1.165) is 0 Å². The number of thioether (sulfide) groups is 1. The molecule has 3 nitrogen and oxygen atoms in total. The van der Waals surface area contributed by atoms with Crippen LogP contribution in [0.2, 0.25) is 10.0 Å². The van der Waals surface area contributed by atoms with E-state index in [0.29, 0.717) is 15.6 Å². The Hall–Kier alpha value is -0.680. The van der Waals surface area contributed by atoms with Gasteiger partial charge in [0.15, 0.2) is 0 Å². The summed E-state index contributed by atoms with van der Waals surface area (Å²) in [5.74, 6) is -0.249. The Kier molecular flexibility index (Phi) is 7.45. The zero-order valence-electron chi connectivity index (χ0n) is 11.3. The third kappa shape index (κ3) is 5.02. The molecule has 0 radical (unpaired) electrons. The lowest BCUT2D eigenvalue weighted by Gasteiger charge is -2.20. The molecular formula is C14H17Cl2NO2S. The van der Waals surface area contributed by atoms with Gasteiger partial charge >= 0.3 is 0 Å². The van der Waals surface area contributed by atoms with Crippen LogP contribution in [0.4, 0.5) is 0 Å². The fraction of sp³-hybridized carbons (Fsp3) is 0.357.